The van der Waals surface area contributed by atoms with Crippen LogP contribution in [0.15, 0.2) is 0 Å². The number of ether oxygens (including phenoxy) is 1. The number of aromatic nitrogens is 2. The van der Waals surface area contributed by atoms with Crippen molar-refractivity contribution < 1.29 is 14.3 Å². The summed E-state index contributed by atoms with van der Waals surface area (Å²) in [6.07, 6.45) is 0.0114. The first-order valence-electron chi connectivity index (χ1n) is 5.67. The summed E-state index contributed by atoms with van der Waals surface area (Å²) in [6.45, 7) is 1.55. The van der Waals surface area contributed by atoms with Gasteiger partial charge in [-0.2, -0.15) is 0 Å². The quantitative estimate of drug-likeness (QED) is 0.792. The number of amides is 1. The van der Waals surface area contributed by atoms with Crippen LogP contribution in [0.25, 0.3) is 0 Å². The summed E-state index contributed by atoms with van der Waals surface area (Å²) in [5.41, 5.74) is 0.622. The van der Waals surface area contributed by atoms with Crippen molar-refractivity contribution >= 4 is 35.0 Å². The fraction of sp³-hybridized carbons (Fsp3) is 0.600. The lowest BCUT2D eigenvalue weighted by Gasteiger charge is -2.33. The molecule has 0 saturated carbocycles. The minimum Gasteiger partial charge on any atom is -0.469 e. The molecule has 1 saturated heterocycles. The summed E-state index contributed by atoms with van der Waals surface area (Å²) in [6, 6.07) is -0.557. The number of carbonyl (C=O) groups is 2. The van der Waals surface area contributed by atoms with Crippen LogP contribution < -0.4 is 5.32 Å². The first-order chi connectivity index (χ1) is 9.11. The van der Waals surface area contributed by atoms with Gasteiger partial charge in [-0.25, -0.2) is 0 Å². The number of rotatable bonds is 4. The van der Waals surface area contributed by atoms with Crippen LogP contribution in [-0.4, -0.2) is 52.6 Å². The Labute approximate surface area is 119 Å². The molecular weight excluding hydrogens is 292 g/mol. The van der Waals surface area contributed by atoms with Crippen molar-refractivity contribution in [1.29, 1.82) is 0 Å². The van der Waals surface area contributed by atoms with Crippen LogP contribution in [0, 0.1) is 0 Å². The lowest BCUT2D eigenvalue weighted by Crippen LogP contribution is -2.55. The Kier molecular flexibility index (Phi) is 4.67. The van der Waals surface area contributed by atoms with Crippen LogP contribution in [0.3, 0.4) is 0 Å². The first-order valence-corrected chi connectivity index (χ1v) is 6.82. The van der Waals surface area contributed by atoms with Gasteiger partial charge in [0.2, 0.25) is 5.91 Å². The van der Waals surface area contributed by atoms with Crippen LogP contribution >= 0.6 is 23.1 Å². The molecular formula is C10H13ClN4O3S. The van der Waals surface area contributed by atoms with Crippen LogP contribution in [0.4, 0.5) is 0 Å². The Balaban J connectivity index is 2.09. The molecule has 9 heteroatoms. The standard InChI is InChI=1S/C10H13ClN4O3S/c1-18-8(16)4-7-10(17)12-2-3-15(7)5-6-9(11)19-14-13-6/h7H,2-5H2,1H3,(H,12,17)/t7-/m0/s1. The Morgan fingerprint density at radius 2 is 2.47 bits per heavy atom. The minimum absolute atomic E-state index is 0.0114. The maximum atomic E-state index is 11.8. The number of piperazine rings is 1. The highest BCUT2D eigenvalue weighted by Gasteiger charge is 2.32. The van der Waals surface area contributed by atoms with Gasteiger partial charge < -0.3 is 10.1 Å². The maximum absolute atomic E-state index is 11.8. The highest BCUT2D eigenvalue weighted by molar-refractivity contribution is 7.10. The van der Waals surface area contributed by atoms with E-state index in [1.54, 1.807) is 0 Å². The third kappa shape index (κ3) is 3.40. The molecule has 1 aliphatic heterocycles. The zero-order chi connectivity index (χ0) is 13.8. The molecule has 2 heterocycles. The van der Waals surface area contributed by atoms with E-state index in [-0.39, 0.29) is 12.3 Å². The van der Waals surface area contributed by atoms with E-state index in [9.17, 15) is 9.59 Å². The third-order valence-corrected chi connectivity index (χ3v) is 3.88. The molecule has 1 aliphatic rings. The van der Waals surface area contributed by atoms with E-state index in [0.29, 0.717) is 29.7 Å². The Hall–Kier alpha value is -1.25. The van der Waals surface area contributed by atoms with Crippen molar-refractivity contribution in [3.8, 4) is 0 Å². The number of methoxy groups -OCH3 is 1. The largest absolute Gasteiger partial charge is 0.469 e. The second-order valence-electron chi connectivity index (χ2n) is 4.05. The van der Waals surface area contributed by atoms with Gasteiger partial charge in [0, 0.05) is 31.2 Å². The highest BCUT2D eigenvalue weighted by atomic mass is 35.5. The minimum atomic E-state index is -0.557. The molecule has 0 unspecified atom stereocenters. The number of nitrogens with zero attached hydrogens (tertiary/aromatic N) is 3. The van der Waals surface area contributed by atoms with Crippen molar-refractivity contribution in [2.24, 2.45) is 0 Å². The summed E-state index contributed by atoms with van der Waals surface area (Å²) in [5.74, 6) is -0.606. The van der Waals surface area contributed by atoms with Gasteiger partial charge in [0.1, 0.15) is 16.1 Å². The fourth-order valence-corrected chi connectivity index (χ4v) is 2.51. The zero-order valence-corrected chi connectivity index (χ0v) is 11.8. The number of carbonyl (C=O) groups excluding carboxylic acids is 2. The maximum Gasteiger partial charge on any atom is 0.307 e. The lowest BCUT2D eigenvalue weighted by molar-refractivity contribution is -0.146. The van der Waals surface area contributed by atoms with Crippen LogP contribution in [0.2, 0.25) is 4.34 Å². The van der Waals surface area contributed by atoms with E-state index >= 15 is 0 Å². The van der Waals surface area contributed by atoms with Crippen molar-refractivity contribution in [2.45, 2.75) is 19.0 Å². The molecule has 0 spiro atoms. The summed E-state index contributed by atoms with van der Waals surface area (Å²) < 4.78 is 8.86. The van der Waals surface area contributed by atoms with Crippen LogP contribution in [-0.2, 0) is 20.9 Å². The molecule has 1 amide bonds. The Morgan fingerprint density at radius 3 is 3.11 bits per heavy atom. The molecule has 0 aliphatic carbocycles. The van der Waals surface area contributed by atoms with Gasteiger partial charge in [-0.15, -0.1) is 5.10 Å². The van der Waals surface area contributed by atoms with Crippen molar-refractivity contribution in [2.75, 3.05) is 20.2 Å². The highest BCUT2D eigenvalue weighted by Crippen LogP contribution is 2.21. The van der Waals surface area contributed by atoms with Gasteiger partial charge in [0.15, 0.2) is 0 Å². The van der Waals surface area contributed by atoms with E-state index in [4.69, 9.17) is 11.6 Å². The summed E-state index contributed by atoms with van der Waals surface area (Å²) >= 11 is 7.05. The molecule has 1 aromatic heterocycles. The molecule has 1 atom stereocenters. The van der Waals surface area contributed by atoms with Gasteiger partial charge in [-0.1, -0.05) is 16.1 Å². The molecule has 1 N–H and O–H groups in total. The number of hydrogen-bond acceptors (Lipinski definition) is 7. The van der Waals surface area contributed by atoms with E-state index in [1.165, 1.54) is 7.11 Å². The molecule has 1 aromatic rings. The number of halogens is 1. The van der Waals surface area contributed by atoms with Gasteiger partial charge in [-0.05, 0) is 0 Å². The second kappa shape index (κ2) is 6.27. The molecule has 1 fully saturated rings. The van der Waals surface area contributed by atoms with E-state index in [1.807, 2.05) is 4.90 Å². The van der Waals surface area contributed by atoms with E-state index in [2.05, 4.69) is 19.6 Å². The summed E-state index contributed by atoms with van der Waals surface area (Å²) in [4.78, 5) is 25.1. The van der Waals surface area contributed by atoms with Gasteiger partial charge in [0.05, 0.1) is 13.5 Å². The normalized spacial score (nSPS) is 20.1. The van der Waals surface area contributed by atoms with Crippen molar-refractivity contribution in [3.05, 3.63) is 10.0 Å². The molecule has 19 heavy (non-hydrogen) atoms. The van der Waals surface area contributed by atoms with E-state index in [0.717, 1.165) is 11.5 Å². The molecule has 2 rings (SSSR count). The van der Waals surface area contributed by atoms with Crippen molar-refractivity contribution in [3.63, 3.8) is 0 Å². The topological polar surface area (TPSA) is 84.4 Å². The predicted molar refractivity (Wildman–Crippen MR) is 68.8 cm³/mol. The summed E-state index contributed by atoms with van der Waals surface area (Å²) in [7, 11) is 1.30. The molecule has 104 valence electrons. The average molecular weight is 305 g/mol. The predicted octanol–water partition coefficient (Wildman–Crippen LogP) is 0.0550. The average Bonchev–Trinajstić information content (AvgIpc) is 2.79. The molecule has 0 radical (unpaired) electrons. The Bertz CT molecular complexity index is 481. The number of hydrogen-bond donors (Lipinski definition) is 1. The van der Waals surface area contributed by atoms with Gasteiger partial charge >= 0.3 is 5.97 Å². The smallest absolute Gasteiger partial charge is 0.307 e. The molecule has 7 nitrogen and oxygen atoms in total. The lowest BCUT2D eigenvalue weighted by atomic mass is 10.1. The monoisotopic (exact) mass is 304 g/mol. The molecule has 0 bridgehead atoms. The zero-order valence-electron chi connectivity index (χ0n) is 10.3. The SMILES string of the molecule is COC(=O)C[C@H]1C(=O)NCCN1Cc1nnsc1Cl. The number of esters is 1. The second-order valence-corrected chi connectivity index (χ2v) is 5.41. The third-order valence-electron chi connectivity index (χ3n) is 2.89. The summed E-state index contributed by atoms with van der Waals surface area (Å²) in [5, 5.41) is 6.65. The van der Waals surface area contributed by atoms with Gasteiger partial charge in [-0.3, -0.25) is 14.5 Å². The number of nitrogens with one attached hydrogen (secondary N) is 1. The molecule has 0 aromatic carbocycles. The van der Waals surface area contributed by atoms with Crippen LogP contribution in [0.5, 0.6) is 0 Å². The first kappa shape index (κ1) is 14.2. The van der Waals surface area contributed by atoms with Crippen LogP contribution in [0.1, 0.15) is 12.1 Å². The van der Waals surface area contributed by atoms with E-state index < -0.39 is 12.0 Å². The van der Waals surface area contributed by atoms with Gasteiger partial charge in [0.25, 0.3) is 0 Å². The fourth-order valence-electron chi connectivity index (χ4n) is 1.90. The Morgan fingerprint density at radius 1 is 1.68 bits per heavy atom. The van der Waals surface area contributed by atoms with Crippen molar-refractivity contribution in [1.82, 2.24) is 19.8 Å².